The maximum Gasteiger partial charge on any atom is 0.236 e. The summed E-state index contributed by atoms with van der Waals surface area (Å²) in [5.41, 5.74) is 0.963. The van der Waals surface area contributed by atoms with Crippen LogP contribution in [-0.2, 0) is 11.4 Å². The van der Waals surface area contributed by atoms with E-state index >= 15 is 0 Å². The van der Waals surface area contributed by atoms with Crippen LogP contribution in [0.4, 0.5) is 4.39 Å². The highest BCUT2D eigenvalue weighted by molar-refractivity contribution is 8.15. The summed E-state index contributed by atoms with van der Waals surface area (Å²) in [4.78, 5) is 11.1. The van der Waals surface area contributed by atoms with E-state index in [4.69, 9.17) is 21.1 Å². The Bertz CT molecular complexity index is 900. The quantitative estimate of drug-likeness (QED) is 0.586. The first kappa shape index (κ1) is 19.2. The second-order valence-electron chi connectivity index (χ2n) is 5.39. The van der Waals surface area contributed by atoms with Crippen molar-refractivity contribution in [1.82, 2.24) is 5.32 Å². The zero-order valence-electron chi connectivity index (χ0n) is 14.2. The summed E-state index contributed by atoms with van der Waals surface area (Å²) in [6, 6.07) is 9.63. The lowest BCUT2D eigenvalue weighted by Gasteiger charge is -2.12. The van der Waals surface area contributed by atoms with E-state index in [1.807, 2.05) is 0 Å². The molecule has 0 bridgehead atoms. The van der Waals surface area contributed by atoms with Gasteiger partial charge in [0.05, 0.1) is 24.1 Å². The number of amidine groups is 1. The van der Waals surface area contributed by atoms with Gasteiger partial charge in [-0.15, -0.1) is 5.10 Å². The van der Waals surface area contributed by atoms with Crippen LogP contribution in [0.15, 0.2) is 46.6 Å². The number of benzene rings is 2. The summed E-state index contributed by atoms with van der Waals surface area (Å²) >= 11 is 7.31. The fraction of sp³-hybridized carbons (Fsp3) is 0.167. The molecule has 1 N–H and O–H groups in total. The van der Waals surface area contributed by atoms with Crippen molar-refractivity contribution in [2.24, 2.45) is 10.2 Å². The van der Waals surface area contributed by atoms with E-state index in [1.165, 1.54) is 37.2 Å². The van der Waals surface area contributed by atoms with Crippen molar-refractivity contribution < 1.29 is 18.7 Å². The second kappa shape index (κ2) is 8.88. The lowest BCUT2D eigenvalue weighted by Crippen LogP contribution is -2.19. The van der Waals surface area contributed by atoms with E-state index in [-0.39, 0.29) is 18.1 Å². The molecule has 2 aromatic rings. The standard InChI is InChI=1S/C18H15ClFN3O3S/c1-25-15-6-5-11(8-21-23-18-22-17(24)10-27-18)7-16(15)26-9-12-13(19)3-2-4-14(12)20/h2-8H,9-10H2,1H3,(H,22,23,24). The molecule has 0 unspecified atom stereocenters. The molecule has 1 heterocycles. The van der Waals surface area contributed by atoms with Crippen LogP contribution >= 0.6 is 23.4 Å². The Kier molecular flexibility index (Phi) is 6.31. The van der Waals surface area contributed by atoms with Crippen molar-refractivity contribution in [1.29, 1.82) is 0 Å². The van der Waals surface area contributed by atoms with E-state index in [9.17, 15) is 9.18 Å². The van der Waals surface area contributed by atoms with Crippen LogP contribution in [0.1, 0.15) is 11.1 Å². The number of nitrogens with one attached hydrogen (secondary N) is 1. The molecule has 0 atom stereocenters. The highest BCUT2D eigenvalue weighted by Gasteiger charge is 2.16. The van der Waals surface area contributed by atoms with Gasteiger partial charge in [-0.2, -0.15) is 5.10 Å². The molecule has 3 rings (SSSR count). The SMILES string of the molecule is COc1ccc(C=NN=C2NC(=O)CS2)cc1OCc1c(F)cccc1Cl. The predicted molar refractivity (Wildman–Crippen MR) is 104 cm³/mol. The number of carbonyl (C=O) groups is 1. The molecule has 0 aliphatic carbocycles. The number of rotatable bonds is 6. The largest absolute Gasteiger partial charge is 0.493 e. The van der Waals surface area contributed by atoms with Gasteiger partial charge in [-0.3, -0.25) is 4.79 Å². The van der Waals surface area contributed by atoms with E-state index in [0.29, 0.717) is 33.0 Å². The molecule has 140 valence electrons. The van der Waals surface area contributed by atoms with Crippen LogP contribution in [-0.4, -0.2) is 30.2 Å². The fourth-order valence-electron chi connectivity index (χ4n) is 2.23. The van der Waals surface area contributed by atoms with Crippen molar-refractivity contribution in [3.8, 4) is 11.5 Å². The minimum Gasteiger partial charge on any atom is -0.493 e. The maximum atomic E-state index is 13.9. The zero-order valence-corrected chi connectivity index (χ0v) is 15.8. The molecular formula is C18H15ClFN3O3S. The van der Waals surface area contributed by atoms with Gasteiger partial charge in [-0.25, -0.2) is 4.39 Å². The van der Waals surface area contributed by atoms with Gasteiger partial charge < -0.3 is 14.8 Å². The van der Waals surface area contributed by atoms with Crippen LogP contribution in [0, 0.1) is 5.82 Å². The van der Waals surface area contributed by atoms with E-state index < -0.39 is 5.82 Å². The van der Waals surface area contributed by atoms with Gasteiger partial charge in [0.1, 0.15) is 12.4 Å². The number of hydrogen-bond acceptors (Lipinski definition) is 6. The number of nitrogens with zero attached hydrogens (tertiary/aromatic N) is 2. The topological polar surface area (TPSA) is 72.3 Å². The number of methoxy groups -OCH3 is 1. The smallest absolute Gasteiger partial charge is 0.236 e. The van der Waals surface area contributed by atoms with Crippen LogP contribution in [0.3, 0.4) is 0 Å². The molecule has 2 aromatic carbocycles. The van der Waals surface area contributed by atoms with Gasteiger partial charge in [0.15, 0.2) is 16.7 Å². The number of ether oxygens (including phenoxy) is 2. The molecule has 6 nitrogen and oxygen atoms in total. The van der Waals surface area contributed by atoms with Crippen LogP contribution < -0.4 is 14.8 Å². The summed E-state index contributed by atoms with van der Waals surface area (Å²) in [6.45, 7) is -0.0482. The van der Waals surface area contributed by atoms with Crippen molar-refractivity contribution in [2.75, 3.05) is 12.9 Å². The van der Waals surface area contributed by atoms with Gasteiger partial charge in [-0.05, 0) is 35.9 Å². The van der Waals surface area contributed by atoms with Crippen molar-refractivity contribution in [3.05, 3.63) is 58.4 Å². The first-order valence-electron chi connectivity index (χ1n) is 7.84. The Hall–Kier alpha value is -2.58. The summed E-state index contributed by atoms with van der Waals surface area (Å²) in [7, 11) is 1.51. The molecule has 0 aromatic heterocycles. The molecule has 9 heteroatoms. The lowest BCUT2D eigenvalue weighted by molar-refractivity contribution is -0.116. The monoisotopic (exact) mass is 407 g/mol. The maximum absolute atomic E-state index is 13.9. The van der Waals surface area contributed by atoms with Gasteiger partial charge >= 0.3 is 0 Å². The summed E-state index contributed by atoms with van der Waals surface area (Å²) in [5.74, 6) is 0.710. The zero-order chi connectivity index (χ0) is 19.2. The van der Waals surface area contributed by atoms with Crippen molar-refractivity contribution in [3.63, 3.8) is 0 Å². The van der Waals surface area contributed by atoms with Crippen molar-refractivity contribution in [2.45, 2.75) is 6.61 Å². The second-order valence-corrected chi connectivity index (χ2v) is 6.76. The molecule has 0 radical (unpaired) electrons. The fourth-order valence-corrected chi connectivity index (χ4v) is 3.08. The van der Waals surface area contributed by atoms with Crippen LogP contribution in [0.5, 0.6) is 11.5 Å². The lowest BCUT2D eigenvalue weighted by atomic mass is 10.2. The van der Waals surface area contributed by atoms with E-state index in [0.717, 1.165) is 0 Å². The summed E-state index contributed by atoms with van der Waals surface area (Å²) in [6.07, 6.45) is 1.51. The number of amides is 1. The Balaban J connectivity index is 1.74. The number of halogens is 2. The normalized spacial score (nSPS) is 15.4. The molecule has 1 aliphatic rings. The Labute approximate surface area is 164 Å². The third-order valence-electron chi connectivity index (χ3n) is 3.56. The third-order valence-corrected chi connectivity index (χ3v) is 4.78. The Morgan fingerprint density at radius 2 is 2.19 bits per heavy atom. The first-order valence-corrected chi connectivity index (χ1v) is 9.20. The van der Waals surface area contributed by atoms with Gasteiger partial charge in [0.2, 0.25) is 5.91 Å². The summed E-state index contributed by atoms with van der Waals surface area (Å²) in [5, 5.41) is 11.2. The molecule has 1 aliphatic heterocycles. The van der Waals surface area contributed by atoms with Crippen LogP contribution in [0.2, 0.25) is 5.02 Å². The van der Waals surface area contributed by atoms with Crippen LogP contribution in [0.25, 0.3) is 0 Å². The molecule has 27 heavy (non-hydrogen) atoms. The highest BCUT2D eigenvalue weighted by Crippen LogP contribution is 2.29. The number of hydrogen-bond donors (Lipinski definition) is 1. The molecule has 1 amide bonds. The summed E-state index contributed by atoms with van der Waals surface area (Å²) < 4.78 is 24.9. The Morgan fingerprint density at radius 3 is 2.89 bits per heavy atom. The molecule has 0 spiro atoms. The van der Waals surface area contributed by atoms with Gasteiger partial charge in [0, 0.05) is 5.56 Å². The minimum atomic E-state index is -0.439. The molecule has 1 saturated heterocycles. The predicted octanol–water partition coefficient (Wildman–Crippen LogP) is 3.62. The number of thioether (sulfide) groups is 1. The number of carbonyl (C=O) groups excluding carboxylic acids is 1. The van der Waals surface area contributed by atoms with Gasteiger partial charge in [-0.1, -0.05) is 29.4 Å². The van der Waals surface area contributed by atoms with Crippen molar-refractivity contribution >= 4 is 40.7 Å². The first-order chi connectivity index (χ1) is 13.1. The average molecular weight is 408 g/mol. The average Bonchev–Trinajstić information content (AvgIpc) is 3.07. The Morgan fingerprint density at radius 1 is 1.33 bits per heavy atom. The highest BCUT2D eigenvalue weighted by atomic mass is 35.5. The molecule has 0 saturated carbocycles. The minimum absolute atomic E-state index is 0.0482. The van der Waals surface area contributed by atoms with E-state index in [2.05, 4.69) is 15.5 Å². The van der Waals surface area contributed by atoms with Gasteiger partial charge in [0.25, 0.3) is 0 Å². The third kappa shape index (κ3) is 4.99. The molecule has 1 fully saturated rings. The van der Waals surface area contributed by atoms with E-state index in [1.54, 1.807) is 24.3 Å². The molecular weight excluding hydrogens is 393 g/mol.